The molecule has 4 saturated carbocycles. The highest BCUT2D eigenvalue weighted by Crippen LogP contribution is 2.60. The molecule has 4 bridgehead atoms. The highest BCUT2D eigenvalue weighted by Gasteiger charge is 2.55. The third kappa shape index (κ3) is 2.60. The van der Waals surface area contributed by atoms with Crippen LogP contribution in [0.4, 0.5) is 0 Å². The second kappa shape index (κ2) is 5.36. The van der Waals surface area contributed by atoms with Gasteiger partial charge in [-0.3, -0.25) is 4.79 Å². The van der Waals surface area contributed by atoms with Gasteiger partial charge in [0.1, 0.15) is 5.75 Å². The maximum Gasteiger partial charge on any atom is 0.317 e. The van der Waals surface area contributed by atoms with E-state index in [1.54, 1.807) is 0 Å². The lowest BCUT2D eigenvalue weighted by Gasteiger charge is -2.55. The molecule has 0 N–H and O–H groups in total. The van der Waals surface area contributed by atoms with Crippen LogP contribution in [0, 0.1) is 30.1 Å². The Hall–Kier alpha value is -1.31. The van der Waals surface area contributed by atoms with E-state index in [2.05, 4.69) is 26.8 Å². The normalized spacial score (nSPS) is 34.9. The van der Waals surface area contributed by atoms with Crippen LogP contribution in [0.15, 0.2) is 18.2 Å². The molecule has 1 aromatic carbocycles. The number of hydrogen-bond acceptors (Lipinski definition) is 2. The second-order valence-corrected chi connectivity index (χ2v) is 8.76. The van der Waals surface area contributed by atoms with Crippen LogP contribution in [-0.4, -0.2) is 5.97 Å². The molecule has 124 valence electrons. The van der Waals surface area contributed by atoms with E-state index in [1.165, 1.54) is 30.4 Å². The molecule has 2 nitrogen and oxygen atoms in total. The van der Waals surface area contributed by atoms with E-state index in [-0.39, 0.29) is 11.4 Å². The molecule has 0 spiro atoms. The lowest BCUT2D eigenvalue weighted by Crippen LogP contribution is -2.51. The number of rotatable bonds is 3. The van der Waals surface area contributed by atoms with Crippen molar-refractivity contribution in [1.82, 2.24) is 0 Å². The molecule has 2 heteroatoms. The molecular formula is C21H28O2. The van der Waals surface area contributed by atoms with Crippen LogP contribution in [0.3, 0.4) is 0 Å². The van der Waals surface area contributed by atoms with Gasteiger partial charge in [0, 0.05) is 0 Å². The summed E-state index contributed by atoms with van der Waals surface area (Å²) in [6, 6.07) is 6.12. The molecule has 0 saturated heterocycles. The Labute approximate surface area is 139 Å². The van der Waals surface area contributed by atoms with Crippen LogP contribution in [0.2, 0.25) is 0 Å². The maximum atomic E-state index is 13.0. The number of hydrogen-bond donors (Lipinski definition) is 0. The van der Waals surface area contributed by atoms with Gasteiger partial charge in [0.2, 0.25) is 0 Å². The van der Waals surface area contributed by atoms with E-state index < -0.39 is 0 Å². The van der Waals surface area contributed by atoms with Gasteiger partial charge in [0.15, 0.2) is 0 Å². The van der Waals surface area contributed by atoms with E-state index >= 15 is 0 Å². The molecule has 0 amide bonds. The summed E-state index contributed by atoms with van der Waals surface area (Å²) in [5, 5.41) is 0. The summed E-state index contributed by atoms with van der Waals surface area (Å²) in [6.45, 7) is 6.50. The predicted molar refractivity (Wildman–Crippen MR) is 91.5 cm³/mol. The van der Waals surface area contributed by atoms with Crippen molar-refractivity contribution in [3.8, 4) is 5.75 Å². The Morgan fingerprint density at radius 2 is 1.65 bits per heavy atom. The number of carbonyl (C=O) groups excluding carboxylic acids is 1. The Balaban J connectivity index is 1.53. The lowest BCUT2D eigenvalue weighted by molar-refractivity contribution is -0.161. The first kappa shape index (κ1) is 15.2. The van der Waals surface area contributed by atoms with Crippen LogP contribution in [0.1, 0.15) is 69.4 Å². The fourth-order valence-electron chi connectivity index (χ4n) is 5.94. The van der Waals surface area contributed by atoms with Crippen LogP contribution in [0.5, 0.6) is 5.75 Å². The van der Waals surface area contributed by atoms with Crippen molar-refractivity contribution in [1.29, 1.82) is 0 Å². The lowest BCUT2D eigenvalue weighted by atomic mass is 9.49. The molecule has 0 aromatic heterocycles. The van der Waals surface area contributed by atoms with Gasteiger partial charge >= 0.3 is 5.97 Å². The molecule has 0 radical (unpaired) electrons. The quantitative estimate of drug-likeness (QED) is 0.563. The molecule has 5 rings (SSSR count). The molecule has 23 heavy (non-hydrogen) atoms. The number of benzene rings is 1. The van der Waals surface area contributed by atoms with E-state index in [4.69, 9.17) is 4.74 Å². The van der Waals surface area contributed by atoms with Crippen LogP contribution in [-0.2, 0) is 4.79 Å². The fourth-order valence-corrected chi connectivity index (χ4v) is 5.94. The van der Waals surface area contributed by atoms with E-state index in [0.29, 0.717) is 5.92 Å². The van der Waals surface area contributed by atoms with Crippen LogP contribution in [0.25, 0.3) is 0 Å². The number of esters is 1. The molecule has 4 aliphatic carbocycles. The van der Waals surface area contributed by atoms with Gasteiger partial charge in [-0.2, -0.15) is 0 Å². The zero-order valence-corrected chi connectivity index (χ0v) is 14.6. The molecule has 4 fully saturated rings. The molecule has 0 aliphatic heterocycles. The summed E-state index contributed by atoms with van der Waals surface area (Å²) >= 11 is 0. The third-order valence-electron chi connectivity index (χ3n) is 6.55. The van der Waals surface area contributed by atoms with Crippen molar-refractivity contribution in [2.75, 3.05) is 0 Å². The zero-order valence-electron chi connectivity index (χ0n) is 14.6. The Morgan fingerprint density at radius 1 is 1.09 bits per heavy atom. The summed E-state index contributed by atoms with van der Waals surface area (Å²) in [7, 11) is 0. The first-order valence-electron chi connectivity index (χ1n) is 9.28. The summed E-state index contributed by atoms with van der Waals surface area (Å²) in [6.07, 6.45) is 7.28. The van der Waals surface area contributed by atoms with Crippen molar-refractivity contribution < 1.29 is 9.53 Å². The van der Waals surface area contributed by atoms with Gasteiger partial charge in [0.25, 0.3) is 0 Å². The van der Waals surface area contributed by atoms with Gasteiger partial charge in [-0.05, 0) is 92.4 Å². The Morgan fingerprint density at radius 3 is 2.13 bits per heavy atom. The van der Waals surface area contributed by atoms with Gasteiger partial charge in [0.05, 0.1) is 5.41 Å². The van der Waals surface area contributed by atoms with E-state index in [9.17, 15) is 4.79 Å². The summed E-state index contributed by atoms with van der Waals surface area (Å²) in [5.74, 6) is 3.61. The zero-order chi connectivity index (χ0) is 16.2. The molecule has 0 atom stereocenters. The SMILES string of the molecule is Cc1cc(OC(=O)C23CC4CC(CC(C4)C2)C3)ccc1C(C)C. The van der Waals surface area contributed by atoms with Gasteiger partial charge in [-0.15, -0.1) is 0 Å². The van der Waals surface area contributed by atoms with Crippen molar-refractivity contribution in [2.45, 2.75) is 65.2 Å². The Bertz CT molecular complexity index is 593. The minimum absolute atomic E-state index is 0.0493. The standard InChI is InChI=1S/C21H28O2/c1-13(2)19-5-4-18(6-14(19)3)23-20(22)21-10-15-7-16(11-21)9-17(8-15)12-21/h4-6,13,15-17H,7-12H2,1-3H3. The van der Waals surface area contributed by atoms with E-state index in [1.807, 2.05) is 12.1 Å². The molecule has 4 aliphatic rings. The highest BCUT2D eigenvalue weighted by atomic mass is 16.5. The highest BCUT2D eigenvalue weighted by molar-refractivity contribution is 5.80. The summed E-state index contributed by atoms with van der Waals surface area (Å²) < 4.78 is 5.88. The summed E-state index contributed by atoms with van der Waals surface area (Å²) in [4.78, 5) is 13.0. The number of aryl methyl sites for hydroxylation is 1. The van der Waals surface area contributed by atoms with Gasteiger partial charge in [-0.1, -0.05) is 19.9 Å². The van der Waals surface area contributed by atoms with Crippen molar-refractivity contribution >= 4 is 5.97 Å². The second-order valence-electron chi connectivity index (χ2n) is 8.76. The average Bonchev–Trinajstić information content (AvgIpc) is 2.45. The first-order chi connectivity index (χ1) is 10.9. The largest absolute Gasteiger partial charge is 0.426 e. The molecule has 1 aromatic rings. The smallest absolute Gasteiger partial charge is 0.317 e. The van der Waals surface area contributed by atoms with Crippen molar-refractivity contribution in [2.24, 2.45) is 23.2 Å². The fraction of sp³-hybridized carbons (Fsp3) is 0.667. The van der Waals surface area contributed by atoms with Crippen LogP contribution < -0.4 is 4.74 Å². The number of ether oxygens (including phenoxy) is 1. The molecular weight excluding hydrogens is 284 g/mol. The number of carbonyl (C=O) groups is 1. The van der Waals surface area contributed by atoms with E-state index in [0.717, 1.165) is 42.8 Å². The minimum Gasteiger partial charge on any atom is -0.426 e. The Kier molecular flexibility index (Phi) is 3.55. The van der Waals surface area contributed by atoms with Crippen molar-refractivity contribution in [3.63, 3.8) is 0 Å². The monoisotopic (exact) mass is 312 g/mol. The molecule has 0 unspecified atom stereocenters. The molecule has 0 heterocycles. The predicted octanol–water partition coefficient (Wildman–Crippen LogP) is 5.24. The van der Waals surface area contributed by atoms with Crippen LogP contribution >= 0.6 is 0 Å². The third-order valence-corrected chi connectivity index (χ3v) is 6.55. The van der Waals surface area contributed by atoms with Crippen molar-refractivity contribution in [3.05, 3.63) is 29.3 Å². The topological polar surface area (TPSA) is 26.3 Å². The summed E-state index contributed by atoms with van der Waals surface area (Å²) in [5.41, 5.74) is 2.38. The van der Waals surface area contributed by atoms with Gasteiger partial charge < -0.3 is 4.74 Å². The minimum atomic E-state index is -0.167. The first-order valence-corrected chi connectivity index (χ1v) is 9.28. The van der Waals surface area contributed by atoms with Gasteiger partial charge in [-0.25, -0.2) is 0 Å². The maximum absolute atomic E-state index is 13.0. The average molecular weight is 312 g/mol.